The molecule has 0 atom stereocenters. The Kier molecular flexibility index (Phi) is 12.4. The lowest BCUT2D eigenvalue weighted by atomic mass is 10.2. The maximum absolute atomic E-state index is 10.7. The number of carbonyl (C=O) groups excluding carboxylic acids is 1. The summed E-state index contributed by atoms with van der Waals surface area (Å²) in [5, 5.41) is 0. The summed E-state index contributed by atoms with van der Waals surface area (Å²) in [7, 11) is 0. The van der Waals surface area contributed by atoms with Crippen LogP contribution in [0.2, 0.25) is 0 Å². The van der Waals surface area contributed by atoms with Crippen molar-refractivity contribution in [3.63, 3.8) is 0 Å². The van der Waals surface area contributed by atoms with E-state index in [-0.39, 0.29) is 23.3 Å². The molecule has 0 aliphatic heterocycles. The highest BCUT2D eigenvalue weighted by molar-refractivity contribution is 5.75. The van der Waals surface area contributed by atoms with Gasteiger partial charge in [-0.2, -0.15) is 0 Å². The van der Waals surface area contributed by atoms with Crippen molar-refractivity contribution in [3.8, 4) is 0 Å². The van der Waals surface area contributed by atoms with E-state index in [0.717, 1.165) is 19.3 Å². The van der Waals surface area contributed by atoms with Crippen LogP contribution in [0.1, 0.15) is 39.5 Å². The molecule has 66 valence electrons. The van der Waals surface area contributed by atoms with Crippen molar-refractivity contribution in [3.05, 3.63) is 0 Å². The Hall–Kier alpha value is 0.00247. The molecule has 0 aliphatic rings. The first kappa shape index (κ1) is 13.6. The molecule has 0 aromatic heterocycles. The molecule has 0 N–H and O–H groups in total. The molecular weight excluding hydrogens is 155 g/mol. The first-order chi connectivity index (χ1) is 4.81. The lowest BCUT2D eigenvalue weighted by Gasteiger charge is -2.00. The first-order valence-corrected chi connectivity index (χ1v) is 3.96. The molecule has 0 spiro atoms. The highest BCUT2D eigenvalue weighted by Crippen LogP contribution is 1.96. The second-order valence-electron chi connectivity index (χ2n) is 2.32. The quantitative estimate of drug-likeness (QED) is 0.458. The maximum atomic E-state index is 10.7. The summed E-state index contributed by atoms with van der Waals surface area (Å²) >= 11 is 0. The zero-order valence-corrected chi connectivity index (χ0v) is 6.85. The monoisotopic (exact) mass is 174 g/mol. The Bertz CT molecular complexity index is 84.1. The summed E-state index contributed by atoms with van der Waals surface area (Å²) in [6.45, 7) is 4.63. The van der Waals surface area contributed by atoms with Crippen molar-refractivity contribution in [1.82, 2.24) is 0 Å². The minimum absolute atomic E-state index is 0. The zero-order chi connectivity index (χ0) is 7.82. The Morgan fingerprint density at radius 1 is 1.27 bits per heavy atom. The lowest BCUT2D eigenvalue weighted by Crippen LogP contribution is -2.04. The average Bonchev–Trinajstić information content (AvgIpc) is 1.97. The number of rotatable bonds is 5. The van der Waals surface area contributed by atoms with Gasteiger partial charge in [0.15, 0.2) is 17.4 Å². The van der Waals surface area contributed by atoms with Gasteiger partial charge in [0.25, 0.3) is 0 Å². The predicted molar refractivity (Wildman–Crippen MR) is 50.7 cm³/mol. The van der Waals surface area contributed by atoms with Crippen molar-refractivity contribution in [1.29, 1.82) is 0 Å². The highest BCUT2D eigenvalue weighted by atomic mass is 27.0. The molecule has 3 heteroatoms. The van der Waals surface area contributed by atoms with Crippen molar-refractivity contribution < 1.29 is 9.53 Å². The number of carbonyl (C=O) groups is 1. The lowest BCUT2D eigenvalue weighted by molar-refractivity contribution is -0.143. The molecule has 0 aromatic rings. The van der Waals surface area contributed by atoms with Gasteiger partial charge in [0, 0.05) is 6.42 Å². The minimum Gasteiger partial charge on any atom is -0.466 e. The molecule has 0 saturated carbocycles. The van der Waals surface area contributed by atoms with Gasteiger partial charge in [-0.3, -0.25) is 4.79 Å². The van der Waals surface area contributed by atoms with Crippen LogP contribution in [-0.4, -0.2) is 29.9 Å². The topological polar surface area (TPSA) is 26.3 Å². The van der Waals surface area contributed by atoms with Gasteiger partial charge in [-0.15, -0.1) is 0 Å². The molecule has 0 aliphatic carbocycles. The van der Waals surface area contributed by atoms with Gasteiger partial charge in [-0.1, -0.05) is 20.3 Å². The van der Waals surface area contributed by atoms with Crippen molar-refractivity contribution in [2.75, 3.05) is 6.61 Å². The van der Waals surface area contributed by atoms with Crippen LogP contribution in [0.15, 0.2) is 0 Å². The number of esters is 1. The largest absolute Gasteiger partial charge is 0.466 e. The van der Waals surface area contributed by atoms with Crippen LogP contribution in [-0.2, 0) is 9.53 Å². The summed E-state index contributed by atoms with van der Waals surface area (Å²) in [6, 6.07) is 0. The predicted octanol–water partition coefficient (Wildman–Crippen LogP) is 0.946. The molecule has 0 bridgehead atoms. The Morgan fingerprint density at radius 3 is 2.36 bits per heavy atom. The molecule has 0 unspecified atom stereocenters. The van der Waals surface area contributed by atoms with Gasteiger partial charge in [0.05, 0.1) is 6.61 Å². The van der Waals surface area contributed by atoms with Crippen LogP contribution in [0.5, 0.6) is 0 Å². The third kappa shape index (κ3) is 10.0. The Labute approximate surface area is 79.4 Å². The molecule has 0 heterocycles. The summed E-state index contributed by atoms with van der Waals surface area (Å²) < 4.78 is 4.85. The Balaban J connectivity index is 0. The van der Waals surface area contributed by atoms with E-state index < -0.39 is 0 Å². The fourth-order valence-electron chi connectivity index (χ4n) is 0.609. The summed E-state index contributed by atoms with van der Waals surface area (Å²) in [5.74, 6) is -0.0521. The Morgan fingerprint density at radius 2 is 1.91 bits per heavy atom. The average molecular weight is 174 g/mol. The molecule has 0 rings (SSSR count). The first-order valence-electron chi connectivity index (χ1n) is 3.96. The summed E-state index contributed by atoms with van der Waals surface area (Å²) in [4.78, 5) is 10.7. The summed E-state index contributed by atoms with van der Waals surface area (Å²) in [6.07, 6.45) is 3.50. The molecule has 0 aromatic carbocycles. The van der Waals surface area contributed by atoms with Gasteiger partial charge in [-0.25, -0.2) is 0 Å². The molecule has 0 radical (unpaired) electrons. The third-order valence-corrected chi connectivity index (χ3v) is 1.20. The highest BCUT2D eigenvalue weighted by Gasteiger charge is 1.98. The van der Waals surface area contributed by atoms with E-state index in [9.17, 15) is 4.79 Å². The third-order valence-electron chi connectivity index (χ3n) is 1.20. The van der Waals surface area contributed by atoms with Gasteiger partial charge in [-0.05, 0) is 12.8 Å². The number of ether oxygens (including phenoxy) is 1. The minimum atomic E-state index is -0.0521. The van der Waals surface area contributed by atoms with E-state index in [2.05, 4.69) is 6.92 Å². The van der Waals surface area contributed by atoms with Crippen LogP contribution in [0, 0.1) is 0 Å². The zero-order valence-electron chi connectivity index (χ0n) is 6.85. The van der Waals surface area contributed by atoms with E-state index in [1.54, 1.807) is 0 Å². The number of unbranched alkanes of at least 4 members (excludes halogenated alkanes) is 1. The van der Waals surface area contributed by atoms with Gasteiger partial charge in [0.2, 0.25) is 0 Å². The van der Waals surface area contributed by atoms with Gasteiger partial charge < -0.3 is 4.74 Å². The number of hydrogen-bond acceptors (Lipinski definition) is 2. The van der Waals surface area contributed by atoms with Crippen LogP contribution < -0.4 is 0 Å². The second kappa shape index (κ2) is 10.0. The second-order valence-corrected chi connectivity index (χ2v) is 2.32. The van der Waals surface area contributed by atoms with Crippen molar-refractivity contribution >= 4 is 23.3 Å². The van der Waals surface area contributed by atoms with E-state index >= 15 is 0 Å². The molecule has 0 saturated heterocycles. The molecular formula is C8H19AlO2. The van der Waals surface area contributed by atoms with Gasteiger partial charge >= 0.3 is 5.97 Å². The van der Waals surface area contributed by atoms with E-state index in [4.69, 9.17) is 4.74 Å². The van der Waals surface area contributed by atoms with E-state index in [1.165, 1.54) is 0 Å². The van der Waals surface area contributed by atoms with Crippen LogP contribution >= 0.6 is 0 Å². The molecule has 0 amide bonds. The van der Waals surface area contributed by atoms with Crippen LogP contribution in [0.4, 0.5) is 0 Å². The van der Waals surface area contributed by atoms with Crippen molar-refractivity contribution in [2.24, 2.45) is 0 Å². The smallest absolute Gasteiger partial charge is 0.305 e. The van der Waals surface area contributed by atoms with Crippen molar-refractivity contribution in [2.45, 2.75) is 39.5 Å². The molecule has 11 heavy (non-hydrogen) atoms. The van der Waals surface area contributed by atoms with Crippen LogP contribution in [0.25, 0.3) is 0 Å². The molecule has 2 nitrogen and oxygen atoms in total. The van der Waals surface area contributed by atoms with Crippen LogP contribution in [0.3, 0.4) is 0 Å². The van der Waals surface area contributed by atoms with E-state index in [1.807, 2.05) is 6.92 Å². The van der Waals surface area contributed by atoms with Gasteiger partial charge in [0.1, 0.15) is 0 Å². The SMILES string of the molecule is CCCCC(=O)OCCC.[AlH3]. The fourth-order valence-corrected chi connectivity index (χ4v) is 0.609. The fraction of sp³-hybridized carbons (Fsp3) is 0.875. The number of hydrogen-bond donors (Lipinski definition) is 0. The maximum Gasteiger partial charge on any atom is 0.305 e. The molecule has 0 fully saturated rings. The standard InChI is InChI=1S/C8H16O2.Al.3H/c1-3-5-6-8(9)10-7-4-2;;;;/h3-7H2,1-2H3;;;;. The summed E-state index contributed by atoms with van der Waals surface area (Å²) in [5.41, 5.74) is 0. The van der Waals surface area contributed by atoms with E-state index in [0.29, 0.717) is 13.0 Å². The normalized spacial score (nSPS) is 8.55.